The van der Waals surface area contributed by atoms with E-state index in [9.17, 15) is 15.3 Å². The summed E-state index contributed by atoms with van der Waals surface area (Å²) in [5, 5.41) is 118. The summed E-state index contributed by atoms with van der Waals surface area (Å²) in [5.41, 5.74) is 11.5. The molecular formula is C68H79N27O3S. The van der Waals surface area contributed by atoms with E-state index in [-0.39, 0.29) is 68.6 Å². The highest BCUT2D eigenvalue weighted by atomic mass is 32.1. The van der Waals surface area contributed by atoms with E-state index in [1.165, 1.54) is 22.7 Å². The number of nitrogens with one attached hydrogen (secondary N) is 3. The van der Waals surface area contributed by atoms with Crippen LogP contribution in [-0.4, -0.2) is 168 Å². The second-order valence-corrected chi connectivity index (χ2v) is 30.9. The number of aromatic hydroxyl groups is 3. The Balaban J connectivity index is 0.000000127. The SMILES string of the molecule is CC1(C)CC(n2nnc3cc(-c4ccc(-c5ccc6nncn6n5)cc4O)nnc32)CC(C)(C)N1.Cc1nsc(-c2ccc(-c3cc4nnn(C5CC(C)(C)NC(C)(C)C5)c4nn3)c(O)c2)n1.Cn1ncc(-c2ccc(-c3cc4nnn(C5CC(C)(C)NC(C)(C)C5)c4nn3)c(O)c2)n1. The lowest BCUT2D eigenvalue weighted by Gasteiger charge is -2.46. The summed E-state index contributed by atoms with van der Waals surface area (Å²) in [7, 11) is 1.75. The van der Waals surface area contributed by atoms with E-state index in [0.29, 0.717) is 90.1 Å². The van der Waals surface area contributed by atoms with E-state index in [4.69, 9.17) is 0 Å². The number of aromatic nitrogens is 24. The molecule has 3 aromatic carbocycles. The van der Waals surface area contributed by atoms with Crippen molar-refractivity contribution >= 4 is 50.7 Å². The average molecular weight is 1350 g/mol. The minimum atomic E-state index is -0.0284. The Morgan fingerprint density at radius 2 is 0.828 bits per heavy atom. The second-order valence-electron chi connectivity index (χ2n) is 30.2. The molecule has 0 atom stereocenters. The first-order valence-electron chi connectivity index (χ1n) is 32.9. The zero-order valence-electron chi connectivity index (χ0n) is 57.7. The summed E-state index contributed by atoms with van der Waals surface area (Å²) in [6, 6.07) is 25.7. The van der Waals surface area contributed by atoms with Gasteiger partial charge >= 0.3 is 0 Å². The molecule has 31 heteroatoms. The van der Waals surface area contributed by atoms with Crippen molar-refractivity contribution in [3.63, 3.8) is 0 Å². The quantitative estimate of drug-likeness (QED) is 0.0782. The van der Waals surface area contributed by atoms with Gasteiger partial charge in [0.2, 0.25) is 16.9 Å². The standard InChI is InChI=1S/C24H26N10O.C22H27N9O.C22H26N8OS/c1-23(2)11-15(12-24(3,4)31-23)34-22-19(27-32-34)10-18(26-29-22)16-6-5-14(9-20(16)35)17-7-8-21-28-25-13-33(21)30-17;1-21(2)10-14(11-22(3,4)28-21)31-20-17(25-29-31)9-16(24-26-20)15-7-6-13(8-19(15)32)18-12-23-30(5)27-18;1-12-23-20(32-27-12)13-6-7-15(18(31)8-13)16-9-17-19(26-24-16)30(29-25-17)14-10-21(2,3)28-22(4,5)11-14/h5-10,13,15,31,35H,11-12H2,1-4H3;6-9,12,14,28,32H,10-11H2,1-5H3;6-9,14,28,31H,10-11H2,1-5H3. The number of phenolic OH excluding ortho intramolecular Hbond substituents is 3. The number of rotatable bonds is 9. The van der Waals surface area contributed by atoms with Gasteiger partial charge in [-0.25, -0.2) is 19.0 Å². The molecule has 0 radical (unpaired) electrons. The van der Waals surface area contributed by atoms with Crippen LogP contribution in [0, 0.1) is 6.92 Å². The van der Waals surface area contributed by atoms with Gasteiger partial charge in [-0.15, -0.1) is 56.1 Å². The zero-order valence-corrected chi connectivity index (χ0v) is 58.5. The van der Waals surface area contributed by atoms with Crippen molar-refractivity contribution in [3.8, 4) is 84.1 Å². The molecule has 13 aromatic rings. The van der Waals surface area contributed by atoms with Crippen molar-refractivity contribution < 1.29 is 15.3 Å². The number of nitrogens with zero attached hydrogens (tertiary/aromatic N) is 24. The number of hydrogen-bond acceptors (Lipinski definition) is 26. The predicted molar refractivity (Wildman–Crippen MR) is 373 cm³/mol. The fraction of sp³-hybridized carbons (Fsp3) is 0.426. The summed E-state index contributed by atoms with van der Waals surface area (Å²) in [6.45, 7) is 28.3. The van der Waals surface area contributed by atoms with Gasteiger partial charge in [0.1, 0.15) is 56.7 Å². The van der Waals surface area contributed by atoms with Crippen LogP contribution >= 0.6 is 11.5 Å². The van der Waals surface area contributed by atoms with Crippen LogP contribution in [0.25, 0.3) is 106 Å². The highest BCUT2D eigenvalue weighted by molar-refractivity contribution is 7.09. The molecule has 3 aliphatic heterocycles. The van der Waals surface area contributed by atoms with Crippen LogP contribution < -0.4 is 16.0 Å². The van der Waals surface area contributed by atoms with Crippen molar-refractivity contribution in [2.24, 2.45) is 7.05 Å². The van der Waals surface area contributed by atoms with Gasteiger partial charge in [-0.2, -0.15) is 29.0 Å². The minimum absolute atomic E-state index is 0.0168. The second kappa shape index (κ2) is 24.6. The normalized spacial score (nSPS) is 18.1. The van der Waals surface area contributed by atoms with Gasteiger partial charge in [0.25, 0.3) is 0 Å². The van der Waals surface area contributed by atoms with Crippen molar-refractivity contribution in [2.45, 2.75) is 180 Å². The summed E-state index contributed by atoms with van der Waals surface area (Å²) < 4.78 is 11.5. The Kier molecular flexibility index (Phi) is 16.3. The Labute approximate surface area is 573 Å². The molecule has 0 saturated carbocycles. The maximum absolute atomic E-state index is 10.8. The van der Waals surface area contributed by atoms with Crippen molar-refractivity contribution in [1.82, 2.24) is 136 Å². The molecule has 0 aliphatic carbocycles. The highest BCUT2D eigenvalue weighted by Gasteiger charge is 2.42. The molecule has 0 spiro atoms. The number of phenols is 3. The maximum atomic E-state index is 10.8. The molecule has 3 aliphatic rings. The van der Waals surface area contributed by atoms with Gasteiger partial charge in [0, 0.05) is 73.7 Å². The fourth-order valence-corrected chi connectivity index (χ4v) is 15.8. The minimum Gasteiger partial charge on any atom is -0.507 e. The van der Waals surface area contributed by atoms with Crippen molar-refractivity contribution in [3.05, 3.63) is 103 Å². The van der Waals surface area contributed by atoms with E-state index in [2.05, 4.69) is 195 Å². The first-order valence-corrected chi connectivity index (χ1v) is 33.6. The molecule has 510 valence electrons. The number of fused-ring (bicyclic) bond motifs is 4. The molecule has 30 nitrogen and oxygen atoms in total. The monoisotopic (exact) mass is 1350 g/mol. The largest absolute Gasteiger partial charge is 0.507 e. The molecule has 0 amide bonds. The Hall–Kier alpha value is -10.4. The van der Waals surface area contributed by atoms with Gasteiger partial charge in [0.05, 0.1) is 47.1 Å². The zero-order chi connectivity index (χ0) is 69.7. The molecule has 10 aromatic heterocycles. The molecule has 3 fully saturated rings. The summed E-state index contributed by atoms with van der Waals surface area (Å²) in [6.07, 6.45) is 8.70. The lowest BCUT2D eigenvalue weighted by Crippen LogP contribution is -2.58. The molecule has 13 heterocycles. The van der Waals surface area contributed by atoms with Crippen molar-refractivity contribution in [2.75, 3.05) is 0 Å². The third-order valence-electron chi connectivity index (χ3n) is 18.2. The van der Waals surface area contributed by atoms with Gasteiger partial charge in [-0.1, -0.05) is 33.8 Å². The third kappa shape index (κ3) is 13.8. The van der Waals surface area contributed by atoms with Crippen LogP contribution in [-0.2, 0) is 7.05 Å². The maximum Gasteiger partial charge on any atom is 0.201 e. The van der Waals surface area contributed by atoms with Crippen LogP contribution in [0.1, 0.15) is 146 Å². The lowest BCUT2D eigenvalue weighted by molar-refractivity contribution is 0.126. The van der Waals surface area contributed by atoms with Crippen molar-refractivity contribution in [1.29, 1.82) is 0 Å². The number of benzene rings is 3. The molecule has 6 N–H and O–H groups in total. The van der Waals surface area contributed by atoms with Crippen LogP contribution in [0.5, 0.6) is 17.2 Å². The van der Waals surface area contributed by atoms with Gasteiger partial charge in [-0.05, 0) is 207 Å². The van der Waals surface area contributed by atoms with Crippen LogP contribution in [0.2, 0.25) is 0 Å². The summed E-state index contributed by atoms with van der Waals surface area (Å²) >= 11 is 1.31. The number of piperidine rings is 3. The Bertz CT molecular complexity index is 4940. The number of aryl methyl sites for hydroxylation is 2. The first kappa shape index (κ1) is 65.9. The van der Waals surface area contributed by atoms with Crippen LogP contribution in [0.4, 0.5) is 0 Å². The summed E-state index contributed by atoms with van der Waals surface area (Å²) in [5.74, 6) is 0.999. The van der Waals surface area contributed by atoms with E-state index < -0.39 is 0 Å². The van der Waals surface area contributed by atoms with Gasteiger partial charge in [-0.3, -0.25) is 0 Å². The molecule has 0 bridgehead atoms. The fourth-order valence-electron chi connectivity index (χ4n) is 15.2. The van der Waals surface area contributed by atoms with E-state index >= 15 is 0 Å². The van der Waals surface area contributed by atoms with Gasteiger partial charge in [0.15, 0.2) is 5.65 Å². The molecule has 16 rings (SSSR count). The number of hydrogen-bond donors (Lipinski definition) is 6. The third-order valence-corrected chi connectivity index (χ3v) is 19.0. The highest BCUT2D eigenvalue weighted by Crippen LogP contribution is 2.42. The van der Waals surface area contributed by atoms with E-state index in [1.54, 1.807) is 48.1 Å². The summed E-state index contributed by atoms with van der Waals surface area (Å²) in [4.78, 5) is 5.86. The predicted octanol–water partition coefficient (Wildman–Crippen LogP) is 9.95. The Morgan fingerprint density at radius 3 is 1.20 bits per heavy atom. The molecule has 3 saturated heterocycles. The first-order chi connectivity index (χ1) is 46.9. The average Bonchev–Trinajstić information content (AvgIpc) is 1.75. The Morgan fingerprint density at radius 1 is 0.434 bits per heavy atom. The molecule has 99 heavy (non-hydrogen) atoms. The van der Waals surface area contributed by atoms with Crippen LogP contribution in [0.15, 0.2) is 97.5 Å². The topological polar surface area (TPSA) is 366 Å². The van der Waals surface area contributed by atoms with E-state index in [0.717, 1.165) is 60.2 Å². The van der Waals surface area contributed by atoms with Crippen LogP contribution in [0.3, 0.4) is 0 Å². The van der Waals surface area contributed by atoms with E-state index in [1.807, 2.05) is 75.6 Å². The molecular weight excluding hydrogens is 1280 g/mol. The smallest absolute Gasteiger partial charge is 0.201 e. The lowest BCUT2D eigenvalue weighted by atomic mass is 9.79. The van der Waals surface area contributed by atoms with Gasteiger partial charge < -0.3 is 31.3 Å². The molecule has 0 unspecified atom stereocenters.